The summed E-state index contributed by atoms with van der Waals surface area (Å²) in [5, 5.41) is 13.5. The molecule has 0 heterocycles. The molecule has 1 amide bonds. The van der Waals surface area contributed by atoms with Crippen LogP contribution in [0.5, 0.6) is 11.5 Å². The molecule has 1 N–H and O–H groups in total. The van der Waals surface area contributed by atoms with E-state index in [4.69, 9.17) is 9.47 Å². The first-order chi connectivity index (χ1) is 13.9. The Labute approximate surface area is 170 Å². The van der Waals surface area contributed by atoms with Crippen molar-refractivity contribution >= 4 is 23.4 Å². The first-order valence-electron chi connectivity index (χ1n) is 9.49. The molecule has 2 rings (SSSR count). The first-order valence-corrected chi connectivity index (χ1v) is 9.49. The molecule has 0 aromatic heterocycles. The van der Waals surface area contributed by atoms with E-state index < -0.39 is 4.92 Å². The monoisotopic (exact) mass is 398 g/mol. The van der Waals surface area contributed by atoms with E-state index in [9.17, 15) is 14.9 Å². The van der Waals surface area contributed by atoms with Crippen LogP contribution in [0.4, 0.5) is 11.4 Å². The number of hydrogen-bond donors (Lipinski definition) is 1. The molecule has 0 bridgehead atoms. The third kappa shape index (κ3) is 6.64. The highest BCUT2D eigenvalue weighted by atomic mass is 16.6. The molecule has 7 heteroatoms. The number of rotatable bonds is 10. The fourth-order valence-electron chi connectivity index (χ4n) is 2.69. The molecule has 0 aliphatic heterocycles. The van der Waals surface area contributed by atoms with Gasteiger partial charge in [0.1, 0.15) is 0 Å². The number of non-ortho nitro benzene ring substituents is 1. The Bertz CT molecular complexity index is 893. The van der Waals surface area contributed by atoms with Crippen molar-refractivity contribution < 1.29 is 19.2 Å². The third-order valence-corrected chi connectivity index (χ3v) is 4.30. The Hall–Kier alpha value is -3.35. The van der Waals surface area contributed by atoms with Crippen molar-refractivity contribution in [2.24, 2.45) is 0 Å². The summed E-state index contributed by atoms with van der Waals surface area (Å²) >= 11 is 0. The Balaban J connectivity index is 2.01. The van der Waals surface area contributed by atoms with Crippen molar-refractivity contribution in [1.82, 2.24) is 0 Å². The van der Waals surface area contributed by atoms with Crippen LogP contribution in [0.3, 0.4) is 0 Å². The van der Waals surface area contributed by atoms with E-state index in [0.29, 0.717) is 29.4 Å². The molecule has 0 aliphatic rings. The van der Waals surface area contributed by atoms with Crippen molar-refractivity contribution in [3.05, 3.63) is 63.7 Å². The summed E-state index contributed by atoms with van der Waals surface area (Å²) < 4.78 is 11.1. The van der Waals surface area contributed by atoms with E-state index in [2.05, 4.69) is 12.2 Å². The minimum Gasteiger partial charge on any atom is -0.493 e. The van der Waals surface area contributed by atoms with Gasteiger partial charge in [-0.1, -0.05) is 25.8 Å². The molecule has 2 aromatic rings. The highest BCUT2D eigenvalue weighted by molar-refractivity contribution is 6.02. The number of carbonyl (C=O) groups is 1. The van der Waals surface area contributed by atoms with Crippen molar-refractivity contribution in [3.8, 4) is 11.5 Å². The van der Waals surface area contributed by atoms with E-state index in [1.54, 1.807) is 26.2 Å². The number of nitro benzene ring substituents is 1. The van der Waals surface area contributed by atoms with Crippen molar-refractivity contribution in [2.75, 3.05) is 19.0 Å². The Morgan fingerprint density at radius 1 is 1.17 bits per heavy atom. The SMILES string of the molecule is CCCCCOc1ccc(/C=C/C(=O)Nc2ccc([N+](=O)[O-])cc2C)cc1OC. The second-order valence-electron chi connectivity index (χ2n) is 6.54. The number of amides is 1. The number of methoxy groups -OCH3 is 1. The molecule has 0 saturated heterocycles. The summed E-state index contributed by atoms with van der Waals surface area (Å²) in [5.41, 5.74) is 1.92. The van der Waals surface area contributed by atoms with Crippen molar-refractivity contribution in [2.45, 2.75) is 33.1 Å². The average Bonchev–Trinajstić information content (AvgIpc) is 2.71. The molecule has 154 valence electrons. The summed E-state index contributed by atoms with van der Waals surface area (Å²) in [6.45, 7) is 4.48. The molecule has 7 nitrogen and oxygen atoms in total. The van der Waals surface area contributed by atoms with Gasteiger partial charge in [0.05, 0.1) is 18.6 Å². The predicted molar refractivity (Wildman–Crippen MR) is 114 cm³/mol. The van der Waals surface area contributed by atoms with Gasteiger partial charge < -0.3 is 14.8 Å². The minimum absolute atomic E-state index is 0.0138. The van der Waals surface area contributed by atoms with Crippen molar-refractivity contribution in [3.63, 3.8) is 0 Å². The van der Waals surface area contributed by atoms with Gasteiger partial charge in [0.2, 0.25) is 5.91 Å². The number of nitrogens with one attached hydrogen (secondary N) is 1. The maximum absolute atomic E-state index is 12.2. The van der Waals surface area contributed by atoms with Gasteiger partial charge >= 0.3 is 0 Å². The lowest BCUT2D eigenvalue weighted by Crippen LogP contribution is -2.09. The summed E-state index contributed by atoms with van der Waals surface area (Å²) in [4.78, 5) is 22.5. The second kappa shape index (κ2) is 10.8. The van der Waals surface area contributed by atoms with E-state index >= 15 is 0 Å². The molecule has 2 aromatic carbocycles. The maximum Gasteiger partial charge on any atom is 0.269 e. The molecule has 0 aliphatic carbocycles. The number of aryl methyl sites for hydroxylation is 1. The Morgan fingerprint density at radius 2 is 1.97 bits per heavy atom. The number of unbranched alkanes of at least 4 members (excludes halogenated alkanes) is 2. The van der Waals surface area contributed by atoms with Gasteiger partial charge in [-0.25, -0.2) is 0 Å². The van der Waals surface area contributed by atoms with Crippen LogP contribution < -0.4 is 14.8 Å². The Kier molecular flexibility index (Phi) is 8.21. The van der Waals surface area contributed by atoms with Crippen LogP contribution in [-0.4, -0.2) is 24.5 Å². The fourth-order valence-corrected chi connectivity index (χ4v) is 2.69. The van der Waals surface area contributed by atoms with Crippen LogP contribution in [0.1, 0.15) is 37.3 Å². The van der Waals surface area contributed by atoms with Gasteiger partial charge in [-0.05, 0) is 48.7 Å². The normalized spacial score (nSPS) is 10.7. The summed E-state index contributed by atoms with van der Waals surface area (Å²) in [7, 11) is 1.58. The van der Waals surface area contributed by atoms with Gasteiger partial charge in [0.15, 0.2) is 11.5 Å². The lowest BCUT2D eigenvalue weighted by Gasteiger charge is -2.11. The summed E-state index contributed by atoms with van der Waals surface area (Å²) in [5.74, 6) is 0.947. The lowest BCUT2D eigenvalue weighted by molar-refractivity contribution is -0.384. The molecule has 0 unspecified atom stereocenters. The van der Waals surface area contributed by atoms with Crippen LogP contribution in [-0.2, 0) is 4.79 Å². The van der Waals surface area contributed by atoms with E-state index in [1.165, 1.54) is 24.3 Å². The van der Waals surface area contributed by atoms with E-state index in [1.807, 2.05) is 12.1 Å². The zero-order valence-corrected chi connectivity index (χ0v) is 16.9. The van der Waals surface area contributed by atoms with Crippen LogP contribution in [0.25, 0.3) is 6.08 Å². The Morgan fingerprint density at radius 3 is 2.62 bits per heavy atom. The zero-order chi connectivity index (χ0) is 21.2. The summed E-state index contributed by atoms with van der Waals surface area (Å²) in [6.07, 6.45) is 6.30. The standard InChI is InChI=1S/C22H26N2O5/c1-4-5-6-13-29-20-11-7-17(15-21(20)28-3)8-12-22(25)23-19-10-9-18(24(26)27)14-16(19)2/h7-12,14-15H,4-6,13H2,1-3H3,(H,23,25)/b12-8+. The second-order valence-corrected chi connectivity index (χ2v) is 6.54. The number of ether oxygens (including phenoxy) is 2. The molecule has 29 heavy (non-hydrogen) atoms. The molecule has 0 atom stereocenters. The third-order valence-electron chi connectivity index (χ3n) is 4.30. The van der Waals surface area contributed by atoms with Crippen LogP contribution in [0.15, 0.2) is 42.5 Å². The topological polar surface area (TPSA) is 90.7 Å². The van der Waals surface area contributed by atoms with Gasteiger partial charge in [-0.3, -0.25) is 14.9 Å². The number of nitrogens with zero attached hydrogens (tertiary/aromatic N) is 1. The number of hydrogen-bond acceptors (Lipinski definition) is 5. The van der Waals surface area contributed by atoms with Gasteiger partial charge in [0.25, 0.3) is 5.69 Å². The van der Waals surface area contributed by atoms with Crippen LogP contribution >= 0.6 is 0 Å². The van der Waals surface area contributed by atoms with Crippen LogP contribution in [0.2, 0.25) is 0 Å². The highest BCUT2D eigenvalue weighted by Gasteiger charge is 2.09. The molecule has 0 spiro atoms. The van der Waals surface area contributed by atoms with Crippen molar-refractivity contribution in [1.29, 1.82) is 0 Å². The molecular weight excluding hydrogens is 372 g/mol. The molecule has 0 saturated carbocycles. The fraction of sp³-hybridized carbons (Fsp3) is 0.318. The van der Waals surface area contributed by atoms with Gasteiger partial charge in [-0.15, -0.1) is 0 Å². The van der Waals surface area contributed by atoms with Gasteiger partial charge in [0, 0.05) is 23.9 Å². The van der Waals surface area contributed by atoms with E-state index in [-0.39, 0.29) is 11.6 Å². The van der Waals surface area contributed by atoms with Gasteiger partial charge in [-0.2, -0.15) is 0 Å². The molecule has 0 fully saturated rings. The maximum atomic E-state index is 12.2. The largest absolute Gasteiger partial charge is 0.493 e. The molecule has 0 radical (unpaired) electrons. The van der Waals surface area contributed by atoms with Crippen LogP contribution in [0, 0.1) is 17.0 Å². The number of anilines is 1. The minimum atomic E-state index is -0.469. The number of carbonyl (C=O) groups excluding carboxylic acids is 1. The first kappa shape index (κ1) is 21.9. The zero-order valence-electron chi connectivity index (χ0n) is 16.9. The van der Waals surface area contributed by atoms with E-state index in [0.717, 1.165) is 24.8 Å². The predicted octanol–water partition coefficient (Wildman–Crippen LogP) is 5.13. The quantitative estimate of drug-likeness (QED) is 0.259. The summed E-state index contributed by atoms with van der Waals surface area (Å²) in [6, 6.07) is 9.77. The highest BCUT2D eigenvalue weighted by Crippen LogP contribution is 2.29. The number of nitro groups is 1. The number of benzene rings is 2. The smallest absolute Gasteiger partial charge is 0.269 e. The molecular formula is C22H26N2O5. The average molecular weight is 398 g/mol. The lowest BCUT2D eigenvalue weighted by atomic mass is 10.1.